The summed E-state index contributed by atoms with van der Waals surface area (Å²) in [7, 11) is 0. The first-order chi connectivity index (χ1) is 12.3. The Bertz CT molecular complexity index is 634. The van der Waals surface area contributed by atoms with Crippen LogP contribution >= 0.6 is 0 Å². The van der Waals surface area contributed by atoms with Crippen LogP contribution in [-0.2, 0) is 4.79 Å². The first-order valence-electron chi connectivity index (χ1n) is 9.70. The summed E-state index contributed by atoms with van der Waals surface area (Å²) < 4.78 is 5.96. The van der Waals surface area contributed by atoms with Crippen molar-refractivity contribution in [2.45, 2.75) is 52.6 Å². The van der Waals surface area contributed by atoms with Gasteiger partial charge in [0.25, 0.3) is 5.91 Å². The monoisotopic (exact) mass is 358 g/mol. The van der Waals surface area contributed by atoms with Gasteiger partial charge in [0, 0.05) is 37.2 Å². The molecule has 26 heavy (non-hydrogen) atoms. The van der Waals surface area contributed by atoms with Gasteiger partial charge in [-0.25, -0.2) is 0 Å². The van der Waals surface area contributed by atoms with E-state index in [4.69, 9.17) is 4.74 Å². The molecule has 2 aliphatic rings. The predicted molar refractivity (Wildman–Crippen MR) is 101 cm³/mol. The van der Waals surface area contributed by atoms with Crippen molar-refractivity contribution in [3.8, 4) is 5.75 Å². The number of carbonyl (C=O) groups is 2. The Balaban J connectivity index is 1.54. The highest BCUT2D eigenvalue weighted by atomic mass is 16.5. The molecule has 0 atom stereocenters. The van der Waals surface area contributed by atoms with Crippen molar-refractivity contribution < 1.29 is 14.3 Å². The number of benzene rings is 1. The molecule has 1 saturated heterocycles. The molecule has 2 fully saturated rings. The second-order valence-electron chi connectivity index (χ2n) is 8.38. The lowest BCUT2D eigenvalue weighted by Gasteiger charge is -2.37. The number of ether oxygens (including phenoxy) is 1. The molecule has 142 valence electrons. The minimum atomic E-state index is -0.374. The topological polar surface area (TPSA) is 49.9 Å². The summed E-state index contributed by atoms with van der Waals surface area (Å²) in [6.07, 6.45) is 5.05. The molecule has 1 aromatic rings. The highest BCUT2D eigenvalue weighted by molar-refractivity contribution is 5.94. The Hall–Kier alpha value is -2.04. The number of piperazine rings is 1. The lowest BCUT2D eigenvalue weighted by atomic mass is 9.94. The molecule has 0 aromatic heterocycles. The van der Waals surface area contributed by atoms with E-state index in [1.165, 1.54) is 12.8 Å². The van der Waals surface area contributed by atoms with Gasteiger partial charge >= 0.3 is 0 Å². The van der Waals surface area contributed by atoms with Crippen LogP contribution in [0.2, 0.25) is 0 Å². The van der Waals surface area contributed by atoms with E-state index in [2.05, 4.69) is 0 Å². The van der Waals surface area contributed by atoms with Crippen molar-refractivity contribution in [2.75, 3.05) is 26.2 Å². The molecule has 5 heteroatoms. The molecule has 1 aromatic carbocycles. The van der Waals surface area contributed by atoms with Gasteiger partial charge in [-0.3, -0.25) is 9.59 Å². The molecule has 1 aliphatic carbocycles. The second-order valence-corrected chi connectivity index (χ2v) is 8.38. The van der Waals surface area contributed by atoms with Gasteiger partial charge in [0.15, 0.2) is 0 Å². The lowest BCUT2D eigenvalue weighted by molar-refractivity contribution is -0.140. The van der Waals surface area contributed by atoms with Gasteiger partial charge in [-0.2, -0.15) is 0 Å². The highest BCUT2D eigenvalue weighted by Crippen LogP contribution is 2.25. The summed E-state index contributed by atoms with van der Waals surface area (Å²) in [4.78, 5) is 28.8. The summed E-state index contributed by atoms with van der Waals surface area (Å²) in [5.41, 5.74) is 0.306. The minimum absolute atomic E-state index is 0.0280. The number of hydrogen-bond acceptors (Lipinski definition) is 3. The molecule has 0 N–H and O–H groups in total. The fraction of sp³-hybridized carbons (Fsp3) is 0.619. The maximum absolute atomic E-state index is 12.7. The molecule has 0 unspecified atom stereocenters. The zero-order valence-electron chi connectivity index (χ0n) is 16.2. The average molecular weight is 358 g/mol. The van der Waals surface area contributed by atoms with Gasteiger partial charge in [0.05, 0.1) is 6.10 Å². The third-order valence-electron chi connectivity index (χ3n) is 5.20. The van der Waals surface area contributed by atoms with E-state index in [9.17, 15) is 9.59 Å². The van der Waals surface area contributed by atoms with E-state index in [1.54, 1.807) is 0 Å². The molecule has 0 radical (unpaired) electrons. The first-order valence-corrected chi connectivity index (χ1v) is 9.70. The van der Waals surface area contributed by atoms with Crippen LogP contribution in [-0.4, -0.2) is 53.9 Å². The van der Waals surface area contributed by atoms with E-state index in [0.717, 1.165) is 18.6 Å². The second kappa shape index (κ2) is 7.68. The number of hydrogen-bond donors (Lipinski definition) is 0. The van der Waals surface area contributed by atoms with Gasteiger partial charge in [-0.15, -0.1) is 0 Å². The Morgan fingerprint density at radius 2 is 1.46 bits per heavy atom. The smallest absolute Gasteiger partial charge is 0.253 e. The first kappa shape index (κ1) is 18.7. The fourth-order valence-corrected chi connectivity index (χ4v) is 3.64. The fourth-order valence-electron chi connectivity index (χ4n) is 3.64. The van der Waals surface area contributed by atoms with Crippen LogP contribution in [0.15, 0.2) is 24.3 Å². The Morgan fingerprint density at radius 3 is 2.00 bits per heavy atom. The van der Waals surface area contributed by atoms with E-state index in [0.29, 0.717) is 37.8 Å². The van der Waals surface area contributed by atoms with Gasteiger partial charge in [0.2, 0.25) is 5.91 Å². The van der Waals surface area contributed by atoms with Crippen LogP contribution in [0.1, 0.15) is 56.8 Å². The van der Waals surface area contributed by atoms with Gasteiger partial charge in [-0.05, 0) is 49.9 Å². The molecule has 0 bridgehead atoms. The maximum atomic E-state index is 12.7. The molecular formula is C21H30N2O3. The van der Waals surface area contributed by atoms with E-state index in [1.807, 2.05) is 54.8 Å². The van der Waals surface area contributed by atoms with Gasteiger partial charge < -0.3 is 14.5 Å². The van der Waals surface area contributed by atoms with Crippen LogP contribution in [0.3, 0.4) is 0 Å². The molecular weight excluding hydrogens is 328 g/mol. The van der Waals surface area contributed by atoms with Crippen LogP contribution in [0.4, 0.5) is 0 Å². The van der Waals surface area contributed by atoms with Gasteiger partial charge in [-0.1, -0.05) is 20.8 Å². The zero-order valence-corrected chi connectivity index (χ0v) is 16.2. The SMILES string of the molecule is CC(C)(C)C(=O)N1CCN(C(=O)c2ccc(OC3CCCC3)cc2)CC1. The largest absolute Gasteiger partial charge is 0.490 e. The van der Waals surface area contributed by atoms with Crippen molar-refractivity contribution in [1.29, 1.82) is 0 Å². The Morgan fingerprint density at radius 1 is 0.923 bits per heavy atom. The third-order valence-corrected chi connectivity index (χ3v) is 5.20. The zero-order chi connectivity index (χ0) is 18.7. The normalized spacial score (nSPS) is 18.9. The van der Waals surface area contributed by atoms with Crippen molar-refractivity contribution in [1.82, 2.24) is 9.80 Å². The summed E-state index contributed by atoms with van der Waals surface area (Å²) in [5.74, 6) is 1.02. The minimum Gasteiger partial charge on any atom is -0.490 e. The van der Waals surface area contributed by atoms with Gasteiger partial charge in [0.1, 0.15) is 5.75 Å². The number of carbonyl (C=O) groups excluding carboxylic acids is 2. The molecule has 2 amide bonds. The highest BCUT2D eigenvalue weighted by Gasteiger charge is 2.31. The summed E-state index contributed by atoms with van der Waals surface area (Å²) in [5, 5.41) is 0. The Kier molecular flexibility index (Phi) is 5.54. The number of nitrogens with zero attached hydrogens (tertiary/aromatic N) is 2. The van der Waals surface area contributed by atoms with Crippen molar-refractivity contribution in [3.63, 3.8) is 0 Å². The van der Waals surface area contributed by atoms with Crippen LogP contribution < -0.4 is 4.74 Å². The molecule has 1 heterocycles. The molecule has 3 rings (SSSR count). The average Bonchev–Trinajstić information content (AvgIpc) is 3.13. The van der Waals surface area contributed by atoms with Crippen molar-refractivity contribution >= 4 is 11.8 Å². The van der Waals surface area contributed by atoms with E-state index >= 15 is 0 Å². The molecule has 1 aliphatic heterocycles. The summed E-state index contributed by atoms with van der Waals surface area (Å²) in [6.45, 7) is 8.17. The van der Waals surface area contributed by atoms with Crippen molar-refractivity contribution in [2.24, 2.45) is 5.41 Å². The maximum Gasteiger partial charge on any atom is 0.253 e. The van der Waals surface area contributed by atoms with E-state index < -0.39 is 0 Å². The third kappa shape index (κ3) is 4.37. The van der Waals surface area contributed by atoms with Crippen LogP contribution in [0.5, 0.6) is 5.75 Å². The van der Waals surface area contributed by atoms with Crippen molar-refractivity contribution in [3.05, 3.63) is 29.8 Å². The van der Waals surface area contributed by atoms with Crippen LogP contribution in [0, 0.1) is 5.41 Å². The molecule has 0 spiro atoms. The molecule has 1 saturated carbocycles. The van der Waals surface area contributed by atoms with Crippen LogP contribution in [0.25, 0.3) is 0 Å². The predicted octanol–water partition coefficient (Wildman–Crippen LogP) is 3.34. The quantitative estimate of drug-likeness (QED) is 0.833. The molecule has 5 nitrogen and oxygen atoms in total. The summed E-state index contributed by atoms with van der Waals surface area (Å²) in [6, 6.07) is 7.48. The number of amides is 2. The standard InChI is InChI=1S/C21H30N2O3/c1-21(2,3)20(25)23-14-12-22(13-15-23)19(24)16-8-10-18(11-9-16)26-17-6-4-5-7-17/h8-11,17H,4-7,12-15H2,1-3H3. The summed E-state index contributed by atoms with van der Waals surface area (Å²) >= 11 is 0. The Labute approximate surface area is 156 Å². The van der Waals surface area contributed by atoms with E-state index in [-0.39, 0.29) is 17.2 Å². The lowest BCUT2D eigenvalue weighted by Crippen LogP contribution is -2.53. The number of rotatable bonds is 3.